The normalized spacial score (nSPS) is 20.4. The predicted octanol–water partition coefficient (Wildman–Crippen LogP) is 1.84. The predicted molar refractivity (Wildman–Crippen MR) is 102 cm³/mol. The lowest BCUT2D eigenvalue weighted by atomic mass is 10.1. The van der Waals surface area contributed by atoms with Gasteiger partial charge < -0.3 is 14.4 Å². The Balaban J connectivity index is 1.78. The van der Waals surface area contributed by atoms with E-state index < -0.39 is 9.84 Å². The molecule has 0 spiro atoms. The van der Waals surface area contributed by atoms with Gasteiger partial charge in [0.15, 0.2) is 15.7 Å². The van der Waals surface area contributed by atoms with Gasteiger partial charge >= 0.3 is 0 Å². The van der Waals surface area contributed by atoms with Crippen LogP contribution in [0.25, 0.3) is 11.4 Å². The van der Waals surface area contributed by atoms with Crippen LogP contribution >= 0.6 is 0 Å². The molecule has 1 fully saturated rings. The smallest absolute Gasteiger partial charge is 0.175 e. The third-order valence-electron chi connectivity index (χ3n) is 4.98. The lowest BCUT2D eigenvalue weighted by Crippen LogP contribution is -2.45. The summed E-state index contributed by atoms with van der Waals surface area (Å²) in [5.41, 5.74) is 2.86. The van der Waals surface area contributed by atoms with Crippen LogP contribution in [0.5, 0.6) is 0 Å². The van der Waals surface area contributed by atoms with Crippen molar-refractivity contribution in [2.75, 3.05) is 37.5 Å². The number of fused-ring (bicyclic) bond motifs is 1. The Morgan fingerprint density at radius 1 is 1.11 bits per heavy atom. The summed E-state index contributed by atoms with van der Waals surface area (Å²) in [6.07, 6.45) is 1.95. The van der Waals surface area contributed by atoms with Gasteiger partial charge in [0.25, 0.3) is 0 Å². The molecule has 27 heavy (non-hydrogen) atoms. The van der Waals surface area contributed by atoms with E-state index in [9.17, 15) is 8.42 Å². The number of ether oxygens (including phenoxy) is 2. The molecule has 8 heteroatoms. The summed E-state index contributed by atoms with van der Waals surface area (Å²) in [4.78, 5) is 12.2. The zero-order valence-corrected chi connectivity index (χ0v) is 16.3. The van der Waals surface area contributed by atoms with Gasteiger partial charge in [0, 0.05) is 30.3 Å². The molecule has 4 rings (SSSR count). The fraction of sp³-hybridized carbons (Fsp3) is 0.474. The number of aromatic nitrogens is 2. The number of sulfone groups is 1. The third-order valence-corrected chi connectivity index (χ3v) is 6.11. The molecule has 7 nitrogen and oxygen atoms in total. The van der Waals surface area contributed by atoms with Crippen molar-refractivity contribution in [3.8, 4) is 11.4 Å². The van der Waals surface area contributed by atoms with Crippen LogP contribution < -0.4 is 4.90 Å². The molecule has 1 aromatic carbocycles. The van der Waals surface area contributed by atoms with Crippen molar-refractivity contribution in [1.82, 2.24) is 9.97 Å². The summed E-state index contributed by atoms with van der Waals surface area (Å²) in [7, 11) is -3.23. The molecule has 0 radical (unpaired) electrons. The summed E-state index contributed by atoms with van der Waals surface area (Å²) in [5, 5.41) is 0. The van der Waals surface area contributed by atoms with E-state index in [1.165, 1.54) is 6.26 Å². The van der Waals surface area contributed by atoms with Gasteiger partial charge in [-0.1, -0.05) is 0 Å². The van der Waals surface area contributed by atoms with E-state index in [1.54, 1.807) is 24.3 Å². The van der Waals surface area contributed by atoms with Crippen LogP contribution in [-0.4, -0.2) is 57.0 Å². The molecule has 0 amide bonds. The van der Waals surface area contributed by atoms with Crippen molar-refractivity contribution >= 4 is 15.7 Å². The maximum atomic E-state index is 11.7. The summed E-state index contributed by atoms with van der Waals surface area (Å²) in [5.74, 6) is 1.52. The van der Waals surface area contributed by atoms with Crippen molar-refractivity contribution in [3.63, 3.8) is 0 Å². The van der Waals surface area contributed by atoms with Crippen LogP contribution in [0.2, 0.25) is 0 Å². The second kappa shape index (κ2) is 7.18. The van der Waals surface area contributed by atoms with E-state index in [4.69, 9.17) is 19.4 Å². The summed E-state index contributed by atoms with van der Waals surface area (Å²) in [6, 6.07) is 6.97. The lowest BCUT2D eigenvalue weighted by Gasteiger charge is -2.36. The number of benzene rings is 1. The van der Waals surface area contributed by atoms with Crippen LogP contribution in [0.3, 0.4) is 0 Å². The summed E-state index contributed by atoms with van der Waals surface area (Å²) in [6.45, 7) is 5.39. The standard InChI is InChI=1S/C19H23N3O4S/c1-13-11-26-10-8-22(13)19-16-12-25-9-7-17(16)20-18(21-19)14-3-5-15(6-4-14)27(2,23)24/h3-6,13H,7-12H2,1-2H3/t13-/m0/s1. The largest absolute Gasteiger partial charge is 0.377 e. The van der Waals surface area contributed by atoms with Crippen molar-refractivity contribution < 1.29 is 17.9 Å². The Morgan fingerprint density at radius 2 is 1.89 bits per heavy atom. The highest BCUT2D eigenvalue weighted by Gasteiger charge is 2.27. The van der Waals surface area contributed by atoms with Gasteiger partial charge in [0.1, 0.15) is 5.82 Å². The first kappa shape index (κ1) is 18.3. The van der Waals surface area contributed by atoms with Gasteiger partial charge in [-0.05, 0) is 31.2 Å². The van der Waals surface area contributed by atoms with Crippen LogP contribution in [0.1, 0.15) is 18.2 Å². The van der Waals surface area contributed by atoms with Gasteiger partial charge in [-0.3, -0.25) is 0 Å². The molecule has 2 aliphatic heterocycles. The Labute approximate surface area is 159 Å². The Kier molecular flexibility index (Phi) is 4.88. The van der Waals surface area contributed by atoms with Crippen molar-refractivity contribution in [1.29, 1.82) is 0 Å². The molecule has 1 atom stereocenters. The average Bonchev–Trinajstić information content (AvgIpc) is 2.67. The molecule has 3 heterocycles. The minimum atomic E-state index is -3.23. The molecule has 0 aliphatic carbocycles. The first-order valence-corrected chi connectivity index (χ1v) is 10.9. The Morgan fingerprint density at radius 3 is 2.59 bits per heavy atom. The van der Waals surface area contributed by atoms with E-state index in [1.807, 2.05) is 0 Å². The minimum Gasteiger partial charge on any atom is -0.377 e. The van der Waals surface area contributed by atoms with Gasteiger partial charge in [-0.2, -0.15) is 0 Å². The topological polar surface area (TPSA) is 81.6 Å². The van der Waals surface area contributed by atoms with Crippen molar-refractivity contribution in [2.24, 2.45) is 0 Å². The molecule has 0 saturated carbocycles. The highest BCUT2D eigenvalue weighted by atomic mass is 32.2. The molecular weight excluding hydrogens is 366 g/mol. The van der Waals surface area contributed by atoms with Gasteiger partial charge in [-0.15, -0.1) is 0 Å². The quantitative estimate of drug-likeness (QED) is 0.792. The Bertz CT molecular complexity index is 944. The van der Waals surface area contributed by atoms with E-state index in [-0.39, 0.29) is 6.04 Å². The number of morpholine rings is 1. The number of nitrogens with zero attached hydrogens (tertiary/aromatic N) is 3. The highest BCUT2D eigenvalue weighted by molar-refractivity contribution is 7.90. The van der Waals surface area contributed by atoms with Crippen LogP contribution in [-0.2, 0) is 32.3 Å². The first-order chi connectivity index (χ1) is 12.9. The van der Waals surface area contributed by atoms with E-state index >= 15 is 0 Å². The minimum absolute atomic E-state index is 0.222. The zero-order chi connectivity index (χ0) is 19.0. The van der Waals surface area contributed by atoms with E-state index in [0.29, 0.717) is 37.1 Å². The first-order valence-electron chi connectivity index (χ1n) is 9.06. The molecule has 2 aliphatic rings. The zero-order valence-electron chi connectivity index (χ0n) is 15.5. The lowest BCUT2D eigenvalue weighted by molar-refractivity contribution is 0.0952. The second-order valence-corrected chi connectivity index (χ2v) is 9.03. The summed E-state index contributed by atoms with van der Waals surface area (Å²) < 4.78 is 34.6. The molecule has 0 bridgehead atoms. The highest BCUT2D eigenvalue weighted by Crippen LogP contribution is 2.30. The maximum Gasteiger partial charge on any atom is 0.175 e. The van der Waals surface area contributed by atoms with E-state index in [0.717, 1.165) is 35.6 Å². The molecule has 1 aromatic heterocycles. The number of anilines is 1. The van der Waals surface area contributed by atoms with Crippen molar-refractivity contribution in [3.05, 3.63) is 35.5 Å². The fourth-order valence-electron chi connectivity index (χ4n) is 3.47. The number of rotatable bonds is 3. The molecule has 144 valence electrons. The molecule has 2 aromatic rings. The number of hydrogen-bond acceptors (Lipinski definition) is 7. The number of hydrogen-bond donors (Lipinski definition) is 0. The third kappa shape index (κ3) is 3.69. The SMILES string of the molecule is C[C@H]1COCCN1c1nc(-c2ccc(S(C)(=O)=O)cc2)nc2c1COCC2. The molecular formula is C19H23N3O4S. The summed E-state index contributed by atoms with van der Waals surface area (Å²) >= 11 is 0. The second-order valence-electron chi connectivity index (χ2n) is 7.01. The monoisotopic (exact) mass is 389 g/mol. The Hall–Kier alpha value is -2.03. The maximum absolute atomic E-state index is 11.7. The van der Waals surface area contributed by atoms with Crippen molar-refractivity contribution in [2.45, 2.75) is 30.9 Å². The van der Waals surface area contributed by atoms with Gasteiger partial charge in [0.05, 0.1) is 43.1 Å². The molecule has 0 unspecified atom stereocenters. The van der Waals surface area contributed by atoms with E-state index in [2.05, 4.69) is 11.8 Å². The molecule has 0 N–H and O–H groups in total. The molecule has 1 saturated heterocycles. The van der Waals surface area contributed by atoms with Gasteiger partial charge in [-0.25, -0.2) is 18.4 Å². The fourth-order valence-corrected chi connectivity index (χ4v) is 4.11. The van der Waals surface area contributed by atoms with Gasteiger partial charge in [0.2, 0.25) is 0 Å². The average molecular weight is 389 g/mol. The van der Waals surface area contributed by atoms with Crippen LogP contribution in [0, 0.1) is 0 Å². The van der Waals surface area contributed by atoms with Crippen LogP contribution in [0.15, 0.2) is 29.2 Å². The van der Waals surface area contributed by atoms with Crippen LogP contribution in [0.4, 0.5) is 5.82 Å².